The van der Waals surface area contributed by atoms with Crippen LogP contribution < -0.4 is 0 Å². The molecule has 0 amide bonds. The molecule has 6 unspecified atom stereocenters. The zero-order valence-electron chi connectivity index (χ0n) is 18.7. The van der Waals surface area contributed by atoms with Crippen molar-refractivity contribution in [3.63, 3.8) is 0 Å². The van der Waals surface area contributed by atoms with Crippen LogP contribution in [0.15, 0.2) is 46.4 Å². The van der Waals surface area contributed by atoms with Gasteiger partial charge < -0.3 is 5.11 Å². The Labute approximate surface area is 185 Å². The molecule has 1 N–H and O–H groups in total. The van der Waals surface area contributed by atoms with Gasteiger partial charge in [0.25, 0.3) is 0 Å². The fourth-order valence-corrected chi connectivity index (χ4v) is 8.90. The lowest BCUT2D eigenvalue weighted by atomic mass is 9.46. The van der Waals surface area contributed by atoms with Gasteiger partial charge in [0.15, 0.2) is 5.78 Å². The van der Waals surface area contributed by atoms with E-state index in [0.717, 1.165) is 37.0 Å². The molecule has 5 rings (SSSR count). The molecule has 162 valence electrons. The van der Waals surface area contributed by atoms with Crippen LogP contribution in [-0.2, 0) is 4.79 Å². The summed E-state index contributed by atoms with van der Waals surface area (Å²) in [6, 6.07) is 10.5. The van der Waals surface area contributed by atoms with Gasteiger partial charge in [-0.25, -0.2) is 0 Å². The number of allylic oxidation sites excluding steroid dienone is 1. The van der Waals surface area contributed by atoms with Crippen LogP contribution in [0, 0.1) is 28.6 Å². The monoisotopic (exact) mass is 424 g/mol. The van der Waals surface area contributed by atoms with E-state index in [4.69, 9.17) is 0 Å². The average molecular weight is 425 g/mol. The summed E-state index contributed by atoms with van der Waals surface area (Å²) >= 11 is 1.82. The Hall–Kier alpha value is -1.06. The van der Waals surface area contributed by atoms with E-state index in [1.165, 1.54) is 29.7 Å². The largest absolute Gasteiger partial charge is 0.390 e. The molecule has 1 aromatic rings. The molecule has 3 saturated carbocycles. The normalized spacial score (nSPS) is 43.2. The van der Waals surface area contributed by atoms with Crippen molar-refractivity contribution < 1.29 is 9.90 Å². The van der Waals surface area contributed by atoms with E-state index in [0.29, 0.717) is 30.0 Å². The first kappa shape index (κ1) is 20.8. The SMILES string of the molecule is CC12CCC(=O)C(CSc3ccccc3)=C1CCC1C2CCC2(C)C1CCC2(C)O. The first-order valence-corrected chi connectivity index (χ1v) is 12.9. The molecule has 0 aliphatic heterocycles. The minimum atomic E-state index is -0.514. The lowest BCUT2D eigenvalue weighted by Crippen LogP contribution is -2.54. The van der Waals surface area contributed by atoms with Gasteiger partial charge in [-0.3, -0.25) is 4.79 Å². The summed E-state index contributed by atoms with van der Waals surface area (Å²) in [6.45, 7) is 6.93. The Morgan fingerprint density at radius 2 is 1.70 bits per heavy atom. The van der Waals surface area contributed by atoms with E-state index in [1.807, 2.05) is 17.8 Å². The van der Waals surface area contributed by atoms with E-state index in [-0.39, 0.29) is 10.8 Å². The summed E-state index contributed by atoms with van der Waals surface area (Å²) < 4.78 is 0. The van der Waals surface area contributed by atoms with Gasteiger partial charge in [-0.2, -0.15) is 0 Å². The number of hydrogen-bond acceptors (Lipinski definition) is 3. The highest BCUT2D eigenvalue weighted by molar-refractivity contribution is 7.99. The predicted molar refractivity (Wildman–Crippen MR) is 123 cm³/mol. The fraction of sp³-hybridized carbons (Fsp3) is 0.667. The number of rotatable bonds is 3. The van der Waals surface area contributed by atoms with Crippen molar-refractivity contribution in [2.24, 2.45) is 28.6 Å². The number of thioether (sulfide) groups is 1. The second-order valence-electron chi connectivity index (χ2n) is 11.1. The van der Waals surface area contributed by atoms with E-state index >= 15 is 0 Å². The standard InChI is InChI=1S/C27H36O2S/c1-25-14-13-24(28)20(17-30-18-7-5-4-6-8-18)21(25)10-9-19-22(25)11-15-26(2)23(19)12-16-27(26,3)29/h4-8,19,22-23,29H,9-17H2,1-3H3. The van der Waals surface area contributed by atoms with Gasteiger partial charge in [-0.15, -0.1) is 11.8 Å². The van der Waals surface area contributed by atoms with Crippen molar-refractivity contribution in [2.45, 2.75) is 82.6 Å². The first-order chi connectivity index (χ1) is 14.3. The summed E-state index contributed by atoms with van der Waals surface area (Å²) in [7, 11) is 0. The molecule has 0 aromatic heterocycles. The average Bonchev–Trinajstić information content (AvgIpc) is 2.98. The Bertz CT molecular complexity index is 872. The van der Waals surface area contributed by atoms with Gasteiger partial charge in [-0.05, 0) is 92.6 Å². The Morgan fingerprint density at radius 3 is 2.47 bits per heavy atom. The predicted octanol–water partition coefficient (Wildman–Crippen LogP) is 6.43. The van der Waals surface area contributed by atoms with Gasteiger partial charge in [0, 0.05) is 22.6 Å². The van der Waals surface area contributed by atoms with Crippen LogP contribution in [-0.4, -0.2) is 22.2 Å². The quantitative estimate of drug-likeness (QED) is 0.568. The number of Topliss-reactive ketones (excluding diaryl/α,β-unsaturated/α-hetero) is 1. The van der Waals surface area contributed by atoms with Crippen molar-refractivity contribution in [3.8, 4) is 0 Å². The minimum absolute atomic E-state index is 0.0716. The van der Waals surface area contributed by atoms with E-state index in [2.05, 4.69) is 45.0 Å². The van der Waals surface area contributed by atoms with Gasteiger partial charge in [-0.1, -0.05) is 37.6 Å². The number of aliphatic hydroxyl groups is 1. The number of carbonyl (C=O) groups is 1. The van der Waals surface area contributed by atoms with E-state index in [9.17, 15) is 9.90 Å². The van der Waals surface area contributed by atoms with Crippen LogP contribution in [0.3, 0.4) is 0 Å². The molecule has 30 heavy (non-hydrogen) atoms. The van der Waals surface area contributed by atoms with Crippen LogP contribution in [0.4, 0.5) is 0 Å². The third-order valence-corrected chi connectivity index (χ3v) is 11.0. The number of ketones is 1. The van der Waals surface area contributed by atoms with Crippen LogP contribution >= 0.6 is 11.8 Å². The zero-order valence-corrected chi connectivity index (χ0v) is 19.6. The summed E-state index contributed by atoms with van der Waals surface area (Å²) in [4.78, 5) is 14.2. The van der Waals surface area contributed by atoms with E-state index in [1.54, 1.807) is 0 Å². The van der Waals surface area contributed by atoms with Crippen molar-refractivity contribution >= 4 is 17.5 Å². The molecular weight excluding hydrogens is 388 g/mol. The smallest absolute Gasteiger partial charge is 0.159 e. The minimum Gasteiger partial charge on any atom is -0.390 e. The van der Waals surface area contributed by atoms with Crippen molar-refractivity contribution in [1.29, 1.82) is 0 Å². The summed E-state index contributed by atoms with van der Waals surface area (Å²) in [6.07, 6.45) is 8.51. The Morgan fingerprint density at radius 1 is 0.967 bits per heavy atom. The van der Waals surface area contributed by atoms with Crippen LogP contribution in [0.2, 0.25) is 0 Å². The summed E-state index contributed by atoms with van der Waals surface area (Å²) in [5.41, 5.74) is 2.38. The molecule has 4 aliphatic rings. The number of carbonyl (C=O) groups excluding carboxylic acids is 1. The Kier molecular flexibility index (Phi) is 5.02. The Balaban J connectivity index is 1.44. The molecule has 3 fully saturated rings. The highest BCUT2D eigenvalue weighted by Gasteiger charge is 2.62. The molecule has 2 nitrogen and oxygen atoms in total. The van der Waals surface area contributed by atoms with Gasteiger partial charge in [0.1, 0.15) is 0 Å². The molecule has 0 saturated heterocycles. The molecule has 0 spiro atoms. The zero-order chi connectivity index (χ0) is 21.1. The topological polar surface area (TPSA) is 37.3 Å². The molecule has 6 atom stereocenters. The molecule has 3 heteroatoms. The molecular formula is C27H36O2S. The molecule has 0 radical (unpaired) electrons. The number of fused-ring (bicyclic) bond motifs is 5. The molecule has 0 heterocycles. The highest BCUT2D eigenvalue weighted by atomic mass is 32.2. The first-order valence-electron chi connectivity index (χ1n) is 11.9. The molecule has 1 aromatic carbocycles. The maximum absolute atomic E-state index is 13.0. The second-order valence-corrected chi connectivity index (χ2v) is 12.1. The van der Waals surface area contributed by atoms with E-state index < -0.39 is 5.60 Å². The van der Waals surface area contributed by atoms with Crippen LogP contribution in [0.1, 0.15) is 72.1 Å². The van der Waals surface area contributed by atoms with Gasteiger partial charge >= 0.3 is 0 Å². The lowest BCUT2D eigenvalue weighted by molar-refractivity contribution is -0.125. The maximum atomic E-state index is 13.0. The summed E-state index contributed by atoms with van der Waals surface area (Å²) in [5.74, 6) is 3.25. The maximum Gasteiger partial charge on any atom is 0.159 e. The molecule has 4 aliphatic carbocycles. The second kappa shape index (κ2) is 7.24. The molecule has 0 bridgehead atoms. The van der Waals surface area contributed by atoms with Gasteiger partial charge in [0.2, 0.25) is 0 Å². The third-order valence-electron chi connectivity index (χ3n) is 9.93. The van der Waals surface area contributed by atoms with Crippen molar-refractivity contribution in [2.75, 3.05) is 5.75 Å². The highest BCUT2D eigenvalue weighted by Crippen LogP contribution is 2.67. The number of hydrogen-bond donors (Lipinski definition) is 1. The van der Waals surface area contributed by atoms with Crippen molar-refractivity contribution in [1.82, 2.24) is 0 Å². The van der Waals surface area contributed by atoms with Crippen molar-refractivity contribution in [3.05, 3.63) is 41.5 Å². The summed E-state index contributed by atoms with van der Waals surface area (Å²) in [5, 5.41) is 11.1. The number of benzene rings is 1. The third kappa shape index (κ3) is 2.98. The fourth-order valence-electron chi connectivity index (χ4n) is 7.91. The van der Waals surface area contributed by atoms with Gasteiger partial charge in [0.05, 0.1) is 5.60 Å². The lowest BCUT2D eigenvalue weighted by Gasteiger charge is -2.59. The van der Waals surface area contributed by atoms with Crippen LogP contribution in [0.5, 0.6) is 0 Å². The van der Waals surface area contributed by atoms with Crippen LogP contribution in [0.25, 0.3) is 0 Å².